The average molecular weight is 1200 g/mol. The van der Waals surface area contributed by atoms with Crippen LogP contribution < -0.4 is 37.9 Å². The van der Waals surface area contributed by atoms with Crippen molar-refractivity contribution >= 4 is 58.0 Å². The lowest BCUT2D eigenvalue weighted by atomic mass is 9.81. The van der Waals surface area contributed by atoms with Gasteiger partial charge >= 0.3 is 12.0 Å². The molecule has 27 nitrogen and oxygen atoms in total. The number of cyclic esters (lactones) is 1. The number of azide groups is 1. The maximum Gasteiger partial charge on any atom is 0.343 e. The third-order valence-electron chi connectivity index (χ3n) is 14.9. The molecule has 0 bridgehead atoms. The van der Waals surface area contributed by atoms with Crippen molar-refractivity contribution in [2.75, 3.05) is 97.7 Å². The van der Waals surface area contributed by atoms with Crippen molar-refractivity contribution < 1.29 is 76.2 Å². The lowest BCUT2D eigenvalue weighted by Gasteiger charge is -2.31. The van der Waals surface area contributed by atoms with Gasteiger partial charge in [0, 0.05) is 58.3 Å². The third kappa shape index (κ3) is 16.5. The Hall–Kier alpha value is -7.95. The summed E-state index contributed by atoms with van der Waals surface area (Å²) >= 11 is 0. The Morgan fingerprint density at radius 3 is 2.12 bits per heavy atom. The minimum absolute atomic E-state index is 0.00506. The van der Waals surface area contributed by atoms with Crippen LogP contribution in [0, 0.1) is 18.7 Å². The highest BCUT2D eigenvalue weighted by Crippen LogP contribution is 2.46. The van der Waals surface area contributed by atoms with Crippen LogP contribution in [0.25, 0.3) is 32.7 Å². The molecule has 4 aromatic rings. The van der Waals surface area contributed by atoms with Gasteiger partial charge in [-0.1, -0.05) is 25.9 Å². The number of primary amides is 1. The molecule has 0 fully saturated rings. The molecule has 0 saturated heterocycles. The number of benzene rings is 2. The SMILES string of the molecule is CC[C@@]1(O)C(=O)OCc2c1cc1n(c2=O)Cc2c-1nc1cc(F)c(C)c3c1c2[C@@H](NC(=O)C(=O)c1ccc(NC(=O)C(CCCNC(N)=O)NC(=O)C(NC(=O)CCOCCOCCOCCOCCOCCOCCN=[N+]=[N-])C(C)C)cc1)CC3. The fourth-order valence-corrected chi connectivity index (χ4v) is 10.3. The first-order valence-electron chi connectivity index (χ1n) is 28.6. The normalized spacial score (nSPS) is 16.2. The summed E-state index contributed by atoms with van der Waals surface area (Å²) < 4.78 is 54.8. The number of fused-ring (bicyclic) bond motifs is 5. The second kappa shape index (κ2) is 31.4. The van der Waals surface area contributed by atoms with E-state index < -0.39 is 82.4 Å². The molecule has 2 aromatic heterocycles. The van der Waals surface area contributed by atoms with Crippen LogP contribution in [0.4, 0.5) is 14.9 Å². The predicted molar refractivity (Wildman–Crippen MR) is 307 cm³/mol. The van der Waals surface area contributed by atoms with Crippen LogP contribution in [-0.4, -0.2) is 161 Å². The Balaban J connectivity index is 0.894. The van der Waals surface area contributed by atoms with Gasteiger partial charge in [-0.3, -0.25) is 28.8 Å². The number of pyridine rings is 2. The number of ketones is 1. The summed E-state index contributed by atoms with van der Waals surface area (Å²) in [6.07, 6.45) is 0.709. The van der Waals surface area contributed by atoms with E-state index in [2.05, 4.69) is 36.6 Å². The predicted octanol–water partition coefficient (Wildman–Crippen LogP) is 3.33. The van der Waals surface area contributed by atoms with Crippen molar-refractivity contribution in [2.45, 2.75) is 103 Å². The number of nitrogens with two attached hydrogens (primary N) is 1. The fourth-order valence-electron chi connectivity index (χ4n) is 10.3. The summed E-state index contributed by atoms with van der Waals surface area (Å²) in [5.41, 5.74) is 14.3. The molecule has 86 heavy (non-hydrogen) atoms. The van der Waals surface area contributed by atoms with Gasteiger partial charge in [-0.05, 0) is 97.5 Å². The molecule has 0 spiro atoms. The van der Waals surface area contributed by atoms with E-state index >= 15 is 4.39 Å². The van der Waals surface area contributed by atoms with Crippen LogP contribution in [-0.2, 0) is 82.3 Å². The lowest BCUT2D eigenvalue weighted by molar-refractivity contribution is -0.172. The summed E-state index contributed by atoms with van der Waals surface area (Å²) in [5.74, 6) is -5.43. The number of aryl methyl sites for hydroxylation is 1. The molecule has 2 aliphatic heterocycles. The average Bonchev–Trinajstić information content (AvgIpc) is 1.66. The number of nitrogens with one attached hydrogen (secondary N) is 5. The number of amides is 6. The summed E-state index contributed by atoms with van der Waals surface area (Å²) in [5, 5.41) is 28.9. The van der Waals surface area contributed by atoms with Gasteiger partial charge in [0.25, 0.3) is 11.5 Å². The number of rotatable bonds is 35. The second-order valence-corrected chi connectivity index (χ2v) is 20.9. The molecule has 1 aliphatic carbocycles. The van der Waals surface area contributed by atoms with Gasteiger partial charge in [0.05, 0.1) is 114 Å². The number of anilines is 1. The highest BCUT2D eigenvalue weighted by molar-refractivity contribution is 6.43. The Labute approximate surface area is 494 Å². The molecule has 4 heterocycles. The third-order valence-corrected chi connectivity index (χ3v) is 14.9. The lowest BCUT2D eigenvalue weighted by Crippen LogP contribution is -2.54. The Morgan fingerprint density at radius 1 is 0.884 bits per heavy atom. The summed E-state index contributed by atoms with van der Waals surface area (Å²) in [4.78, 5) is 114. The van der Waals surface area contributed by atoms with E-state index in [0.29, 0.717) is 105 Å². The molecule has 28 heteroatoms. The molecule has 464 valence electrons. The number of carbonyl (C=O) groups excluding carboxylic acids is 7. The number of esters is 1. The largest absolute Gasteiger partial charge is 0.458 e. The van der Waals surface area contributed by atoms with Gasteiger partial charge in [0.15, 0.2) is 5.60 Å². The summed E-state index contributed by atoms with van der Waals surface area (Å²) in [6.45, 7) is 10.6. The van der Waals surface area contributed by atoms with Crippen LogP contribution in [0.15, 0.2) is 46.3 Å². The monoisotopic (exact) mass is 1200 g/mol. The smallest absolute Gasteiger partial charge is 0.343 e. The molecule has 3 aliphatic rings. The van der Waals surface area contributed by atoms with Crippen molar-refractivity contribution in [1.82, 2.24) is 30.8 Å². The van der Waals surface area contributed by atoms with Crippen molar-refractivity contribution in [2.24, 2.45) is 16.8 Å². The number of ether oxygens (including phenoxy) is 7. The molecule has 2 unspecified atom stereocenters. The van der Waals surface area contributed by atoms with E-state index in [0.717, 1.165) is 0 Å². The fraction of sp³-hybridized carbons (Fsp3) is 0.534. The zero-order chi connectivity index (χ0) is 61.9. The van der Waals surface area contributed by atoms with Crippen LogP contribution in [0.1, 0.15) is 103 Å². The van der Waals surface area contributed by atoms with E-state index in [9.17, 15) is 43.5 Å². The Kier molecular flexibility index (Phi) is 24.0. The number of hydrogen-bond acceptors (Lipinski definition) is 18. The number of nitrogens with zero attached hydrogens (tertiary/aromatic N) is 5. The molecule has 0 saturated carbocycles. The zero-order valence-electron chi connectivity index (χ0n) is 48.6. The van der Waals surface area contributed by atoms with Crippen molar-refractivity contribution in [3.63, 3.8) is 0 Å². The van der Waals surface area contributed by atoms with Crippen LogP contribution >= 0.6 is 0 Å². The van der Waals surface area contributed by atoms with E-state index in [1.54, 1.807) is 33.8 Å². The molecule has 6 amide bonds. The molecule has 8 N–H and O–H groups in total. The number of Topliss-reactive ketones (excluding diaryl/α,β-unsaturated/α-hetero) is 1. The maximum atomic E-state index is 15.5. The number of carbonyl (C=O) groups is 7. The van der Waals surface area contributed by atoms with Crippen LogP contribution in [0.2, 0.25) is 0 Å². The molecule has 4 atom stereocenters. The topological polar surface area (TPSA) is 374 Å². The minimum atomic E-state index is -2.08. The van der Waals surface area contributed by atoms with E-state index in [4.69, 9.17) is 49.4 Å². The summed E-state index contributed by atoms with van der Waals surface area (Å²) in [7, 11) is 0. The van der Waals surface area contributed by atoms with Gasteiger partial charge in [-0.2, -0.15) is 0 Å². The van der Waals surface area contributed by atoms with Gasteiger partial charge in [-0.15, -0.1) is 0 Å². The standard InChI is InChI=1S/C58H74FN11O16/c1-5-58(79)40-29-45-50-38(31-70(45)55(76)39(40)32-86-56(58)77)48-42(13-12-37-34(4)41(59)30-44(65-50)47(37)48)66-54(75)51(72)35-8-10-36(11-9-35)64-52(73)43(7-6-15-62-57(60)78)67-53(74)49(33(2)3)68-46(71)14-17-80-19-21-82-23-25-84-27-28-85-26-24-83-22-20-81-18-16-63-69-61/h8-11,29-30,33,42-43,49,79H,5-7,12-28,31-32H2,1-4H3,(H,64,73)(H,66,75)(H,67,74)(H,68,71)(H3,60,62,78)/t42-,43?,49?,58-/m0/s1. The van der Waals surface area contributed by atoms with E-state index in [-0.39, 0.29) is 106 Å². The van der Waals surface area contributed by atoms with Crippen LogP contribution in [0.5, 0.6) is 0 Å². The quantitative estimate of drug-likeness (QED) is 0.00582. The highest BCUT2D eigenvalue weighted by Gasteiger charge is 2.46. The molecule has 2 aromatic carbocycles. The highest BCUT2D eigenvalue weighted by atomic mass is 19.1. The number of urea groups is 1. The minimum Gasteiger partial charge on any atom is -0.458 e. The van der Waals surface area contributed by atoms with Crippen molar-refractivity contribution in [1.29, 1.82) is 0 Å². The van der Waals surface area contributed by atoms with Gasteiger partial charge in [-0.25, -0.2) is 19.0 Å². The van der Waals surface area contributed by atoms with Crippen molar-refractivity contribution in [3.05, 3.63) is 102 Å². The number of aliphatic hydroxyl groups is 1. The number of hydrogen-bond donors (Lipinski definition) is 7. The molecular formula is C58H74FN11O16. The van der Waals surface area contributed by atoms with E-state index in [1.165, 1.54) is 34.9 Å². The second-order valence-electron chi connectivity index (χ2n) is 20.9. The van der Waals surface area contributed by atoms with Gasteiger partial charge < -0.3 is 75.1 Å². The molecule has 0 radical (unpaired) electrons. The Morgan fingerprint density at radius 2 is 1.51 bits per heavy atom. The first-order chi connectivity index (χ1) is 41.4. The molecule has 7 rings (SSSR count). The first kappa shape index (κ1) is 65.6. The van der Waals surface area contributed by atoms with Crippen molar-refractivity contribution in [3.8, 4) is 11.4 Å². The first-order valence-corrected chi connectivity index (χ1v) is 28.6. The summed E-state index contributed by atoms with van der Waals surface area (Å²) in [6, 6.07) is 4.54. The molecular weight excluding hydrogens is 1130 g/mol. The maximum absolute atomic E-state index is 15.5. The Bertz CT molecular complexity index is 3250. The van der Waals surface area contributed by atoms with Gasteiger partial charge in [0.1, 0.15) is 24.5 Å². The zero-order valence-corrected chi connectivity index (χ0v) is 48.6. The van der Waals surface area contributed by atoms with Crippen LogP contribution in [0.3, 0.4) is 0 Å². The van der Waals surface area contributed by atoms with E-state index in [1.807, 2.05) is 0 Å². The number of halogens is 1. The van der Waals surface area contributed by atoms with Gasteiger partial charge in [0.2, 0.25) is 23.5 Å². The number of aromatic nitrogens is 2.